The van der Waals surface area contributed by atoms with Crippen LogP contribution in [0.25, 0.3) is 10.1 Å². The number of thiophene rings is 1. The van der Waals surface area contributed by atoms with Gasteiger partial charge in [-0.25, -0.2) is 0 Å². The second kappa shape index (κ2) is 4.77. The van der Waals surface area contributed by atoms with E-state index in [2.05, 4.69) is 42.6 Å². The molecule has 0 saturated carbocycles. The predicted octanol–water partition coefficient (Wildman–Crippen LogP) is 3.34. The molecule has 2 aromatic rings. The molecule has 0 radical (unpaired) electrons. The first-order valence-corrected chi connectivity index (χ1v) is 7.02. The maximum Gasteiger partial charge on any atom is 0.104 e. The molecule has 0 aliphatic carbocycles. The molecule has 2 unspecified atom stereocenters. The first-order chi connectivity index (χ1) is 8.36. The van der Waals surface area contributed by atoms with Gasteiger partial charge >= 0.3 is 0 Å². The van der Waals surface area contributed by atoms with Crippen molar-refractivity contribution in [2.24, 2.45) is 0 Å². The third-order valence-corrected chi connectivity index (χ3v) is 4.55. The van der Waals surface area contributed by atoms with E-state index in [0.717, 1.165) is 19.6 Å². The molecule has 2 heterocycles. The Labute approximate surface area is 106 Å². The molecular weight excluding hydrogens is 230 g/mol. The highest BCUT2D eigenvalue weighted by Gasteiger charge is 2.22. The zero-order chi connectivity index (χ0) is 11.7. The second-order valence-corrected chi connectivity index (χ2v) is 5.64. The number of fused-ring (bicyclic) bond motifs is 1. The Balaban J connectivity index is 1.80. The largest absolute Gasteiger partial charge is 0.370 e. The SMILES string of the molecule is CCC1COC(c2cc3ccccc3s2)CN1. The van der Waals surface area contributed by atoms with Gasteiger partial charge in [-0.05, 0) is 23.9 Å². The van der Waals surface area contributed by atoms with Crippen LogP contribution in [-0.2, 0) is 4.74 Å². The van der Waals surface area contributed by atoms with Crippen LogP contribution in [-0.4, -0.2) is 19.2 Å². The minimum absolute atomic E-state index is 0.232. The summed E-state index contributed by atoms with van der Waals surface area (Å²) >= 11 is 1.85. The lowest BCUT2D eigenvalue weighted by molar-refractivity contribution is 0.00429. The molecule has 0 spiro atoms. The molecular formula is C14H17NOS. The van der Waals surface area contributed by atoms with Crippen LogP contribution in [0.3, 0.4) is 0 Å². The van der Waals surface area contributed by atoms with Crippen molar-refractivity contribution in [3.05, 3.63) is 35.2 Å². The number of benzene rings is 1. The van der Waals surface area contributed by atoms with Gasteiger partial charge in [0, 0.05) is 22.2 Å². The van der Waals surface area contributed by atoms with Crippen molar-refractivity contribution in [2.45, 2.75) is 25.5 Å². The number of nitrogens with one attached hydrogen (secondary N) is 1. The molecule has 3 rings (SSSR count). The Hall–Kier alpha value is -0.900. The molecule has 0 amide bonds. The number of ether oxygens (including phenoxy) is 1. The highest BCUT2D eigenvalue weighted by Crippen LogP contribution is 2.32. The summed E-state index contributed by atoms with van der Waals surface area (Å²) in [6.07, 6.45) is 1.37. The highest BCUT2D eigenvalue weighted by molar-refractivity contribution is 7.19. The van der Waals surface area contributed by atoms with Crippen LogP contribution < -0.4 is 5.32 Å². The van der Waals surface area contributed by atoms with E-state index < -0.39 is 0 Å². The Bertz CT molecular complexity index is 467. The van der Waals surface area contributed by atoms with Crippen LogP contribution in [0.5, 0.6) is 0 Å². The highest BCUT2D eigenvalue weighted by atomic mass is 32.1. The van der Waals surface area contributed by atoms with Crippen molar-refractivity contribution in [3.8, 4) is 0 Å². The van der Waals surface area contributed by atoms with Crippen LogP contribution in [0.4, 0.5) is 0 Å². The smallest absolute Gasteiger partial charge is 0.104 e. The van der Waals surface area contributed by atoms with E-state index in [1.807, 2.05) is 11.3 Å². The lowest BCUT2D eigenvalue weighted by Gasteiger charge is -2.29. The summed E-state index contributed by atoms with van der Waals surface area (Å²) < 4.78 is 7.30. The number of hydrogen-bond donors (Lipinski definition) is 1. The van der Waals surface area contributed by atoms with Gasteiger partial charge in [-0.2, -0.15) is 0 Å². The molecule has 1 aromatic heterocycles. The van der Waals surface area contributed by atoms with Gasteiger partial charge in [0.15, 0.2) is 0 Å². The van der Waals surface area contributed by atoms with Crippen LogP contribution in [0, 0.1) is 0 Å². The lowest BCUT2D eigenvalue weighted by Crippen LogP contribution is -2.42. The summed E-state index contributed by atoms with van der Waals surface area (Å²) in [7, 11) is 0. The van der Waals surface area contributed by atoms with Crippen LogP contribution in [0.15, 0.2) is 30.3 Å². The zero-order valence-electron chi connectivity index (χ0n) is 9.98. The Morgan fingerprint density at radius 3 is 3.00 bits per heavy atom. The monoisotopic (exact) mass is 247 g/mol. The van der Waals surface area contributed by atoms with Crippen molar-refractivity contribution in [1.82, 2.24) is 5.32 Å². The normalized spacial score (nSPS) is 25.2. The topological polar surface area (TPSA) is 21.3 Å². The summed E-state index contributed by atoms with van der Waals surface area (Å²) in [5, 5.41) is 4.87. The van der Waals surface area contributed by atoms with Gasteiger partial charge in [-0.1, -0.05) is 25.1 Å². The van der Waals surface area contributed by atoms with E-state index in [1.165, 1.54) is 15.0 Å². The molecule has 1 aliphatic rings. The molecule has 1 aromatic carbocycles. The van der Waals surface area contributed by atoms with Gasteiger partial charge in [0.05, 0.1) is 6.61 Å². The maximum absolute atomic E-state index is 5.94. The minimum atomic E-state index is 0.232. The van der Waals surface area contributed by atoms with Gasteiger partial charge in [-0.3, -0.25) is 0 Å². The third kappa shape index (κ3) is 2.23. The molecule has 17 heavy (non-hydrogen) atoms. The Kier molecular flexibility index (Phi) is 3.14. The van der Waals surface area contributed by atoms with E-state index in [-0.39, 0.29) is 6.10 Å². The molecule has 2 atom stereocenters. The van der Waals surface area contributed by atoms with Gasteiger partial charge in [0.1, 0.15) is 6.10 Å². The molecule has 1 N–H and O–H groups in total. The van der Waals surface area contributed by atoms with E-state index >= 15 is 0 Å². The Morgan fingerprint density at radius 1 is 1.41 bits per heavy atom. The summed E-state index contributed by atoms with van der Waals surface area (Å²) in [6.45, 7) is 3.96. The zero-order valence-corrected chi connectivity index (χ0v) is 10.8. The van der Waals surface area contributed by atoms with E-state index in [0.29, 0.717) is 6.04 Å². The number of morpholine rings is 1. The summed E-state index contributed by atoms with van der Waals surface area (Å²) in [6, 6.07) is 11.3. The van der Waals surface area contributed by atoms with Gasteiger partial charge < -0.3 is 10.1 Å². The molecule has 0 bridgehead atoms. The summed E-state index contributed by atoms with van der Waals surface area (Å²) in [5.74, 6) is 0. The van der Waals surface area contributed by atoms with Crippen LogP contribution in [0.2, 0.25) is 0 Å². The fourth-order valence-corrected chi connectivity index (χ4v) is 3.34. The molecule has 90 valence electrons. The number of hydrogen-bond acceptors (Lipinski definition) is 3. The van der Waals surface area contributed by atoms with Crippen molar-refractivity contribution in [2.75, 3.05) is 13.2 Å². The van der Waals surface area contributed by atoms with Crippen LogP contribution >= 0.6 is 11.3 Å². The fourth-order valence-electron chi connectivity index (χ4n) is 2.23. The van der Waals surface area contributed by atoms with Crippen LogP contribution in [0.1, 0.15) is 24.3 Å². The second-order valence-electron chi connectivity index (χ2n) is 4.52. The van der Waals surface area contributed by atoms with Crippen molar-refractivity contribution in [3.63, 3.8) is 0 Å². The molecule has 2 nitrogen and oxygen atoms in total. The fraction of sp³-hybridized carbons (Fsp3) is 0.429. The standard InChI is InChI=1S/C14H17NOS/c1-2-11-9-16-12(8-15-11)14-7-10-5-3-4-6-13(10)17-14/h3-7,11-12,15H,2,8-9H2,1H3. The van der Waals surface area contributed by atoms with Gasteiger partial charge in [-0.15, -0.1) is 11.3 Å². The quantitative estimate of drug-likeness (QED) is 0.879. The summed E-state index contributed by atoms with van der Waals surface area (Å²) in [4.78, 5) is 1.34. The average molecular weight is 247 g/mol. The van der Waals surface area contributed by atoms with Gasteiger partial charge in [0.25, 0.3) is 0 Å². The molecule has 1 aliphatic heterocycles. The Morgan fingerprint density at radius 2 is 2.29 bits per heavy atom. The van der Waals surface area contributed by atoms with Crippen molar-refractivity contribution in [1.29, 1.82) is 0 Å². The van der Waals surface area contributed by atoms with Gasteiger partial charge in [0.2, 0.25) is 0 Å². The average Bonchev–Trinajstić information content (AvgIpc) is 2.82. The molecule has 1 fully saturated rings. The minimum Gasteiger partial charge on any atom is -0.370 e. The first kappa shape index (κ1) is 11.2. The number of rotatable bonds is 2. The molecule has 3 heteroatoms. The van der Waals surface area contributed by atoms with Crippen molar-refractivity contribution >= 4 is 21.4 Å². The first-order valence-electron chi connectivity index (χ1n) is 6.20. The maximum atomic E-state index is 5.94. The molecule has 1 saturated heterocycles. The third-order valence-electron chi connectivity index (χ3n) is 3.35. The van der Waals surface area contributed by atoms with E-state index in [4.69, 9.17) is 4.74 Å². The van der Waals surface area contributed by atoms with Crippen molar-refractivity contribution < 1.29 is 4.74 Å². The van der Waals surface area contributed by atoms with E-state index in [9.17, 15) is 0 Å². The summed E-state index contributed by atoms with van der Waals surface area (Å²) in [5.41, 5.74) is 0. The lowest BCUT2D eigenvalue weighted by atomic mass is 10.1. The van der Waals surface area contributed by atoms with E-state index in [1.54, 1.807) is 0 Å². The predicted molar refractivity (Wildman–Crippen MR) is 72.6 cm³/mol.